The Morgan fingerprint density at radius 2 is 1.55 bits per heavy atom. The summed E-state index contributed by atoms with van der Waals surface area (Å²) in [4.78, 5) is 0. The molecule has 0 rings (SSSR count). The predicted octanol–water partition coefficient (Wildman–Crippen LogP) is -1.53. The Balaban J connectivity index is 0. The first-order valence-corrected chi connectivity index (χ1v) is 4.85. The van der Waals surface area contributed by atoms with E-state index in [1.165, 1.54) is 0 Å². The molecule has 62 valence electrons. The third-order valence-corrected chi connectivity index (χ3v) is 3.73. The minimum atomic E-state index is -4.74. The summed E-state index contributed by atoms with van der Waals surface area (Å²) in [5.41, 5.74) is 0. The normalized spacial score (nSPS) is 15.4. The molecule has 0 aliphatic carbocycles. The molecule has 0 aromatic rings. The zero-order valence-electron chi connectivity index (χ0n) is 5.22. The monoisotopic (exact) mass is 268 g/mol. The van der Waals surface area contributed by atoms with E-state index >= 15 is 0 Å². The predicted molar refractivity (Wildman–Crippen MR) is 39.6 cm³/mol. The molecule has 0 spiro atoms. The number of rotatable bonds is 1. The Kier molecular flexibility index (Phi) is 7.17. The summed E-state index contributed by atoms with van der Waals surface area (Å²) in [6, 6.07) is 0. The van der Waals surface area contributed by atoms with Crippen molar-refractivity contribution in [1.29, 1.82) is 0 Å². The van der Waals surface area contributed by atoms with E-state index in [1.54, 1.807) is 0 Å². The van der Waals surface area contributed by atoms with Crippen molar-refractivity contribution < 1.29 is 42.5 Å². The summed E-state index contributed by atoms with van der Waals surface area (Å²) in [5.74, 6) is 0. The van der Waals surface area contributed by atoms with Crippen LogP contribution in [0.2, 0.25) is 0 Å². The summed E-state index contributed by atoms with van der Waals surface area (Å²) < 4.78 is 25.8. The fraction of sp³-hybridized carbons (Fsp3) is 1.00. The van der Waals surface area contributed by atoms with Crippen molar-refractivity contribution in [3.8, 4) is 0 Å². The van der Waals surface area contributed by atoms with Crippen LogP contribution in [0.5, 0.6) is 0 Å². The quantitative estimate of drug-likeness (QED) is 0.330. The van der Waals surface area contributed by atoms with E-state index in [9.17, 15) is 13.0 Å². The average Bonchev–Trinajstić information content (AvgIpc) is 1.59. The van der Waals surface area contributed by atoms with Gasteiger partial charge in [-0.15, -0.1) is 11.6 Å². The average molecular weight is 270 g/mol. The maximum Gasteiger partial charge on any atom is 1.00 e. The molecule has 0 aromatic carbocycles. The van der Waals surface area contributed by atoms with Crippen LogP contribution in [0.15, 0.2) is 0 Å². The summed E-state index contributed by atoms with van der Waals surface area (Å²) in [6.07, 6.45) is 0. The maximum atomic E-state index is 10.0. The van der Waals surface area contributed by atoms with Gasteiger partial charge >= 0.3 is 29.6 Å². The van der Waals surface area contributed by atoms with Crippen LogP contribution in [-0.4, -0.2) is 21.5 Å². The fourth-order valence-corrected chi connectivity index (χ4v) is 1.47. The van der Waals surface area contributed by atoms with E-state index in [1.807, 2.05) is 0 Å². The van der Waals surface area contributed by atoms with Crippen molar-refractivity contribution in [2.45, 2.75) is 8.50 Å². The van der Waals surface area contributed by atoms with E-state index in [-0.39, 0.29) is 29.6 Å². The first kappa shape index (κ1) is 15.5. The second-order valence-corrected chi connectivity index (χ2v) is 5.87. The Bertz CT molecular complexity index is 208. The van der Waals surface area contributed by atoms with Crippen LogP contribution >= 0.6 is 46.4 Å². The topological polar surface area (TPSA) is 57.2 Å². The molecule has 9 heteroatoms. The van der Waals surface area contributed by atoms with E-state index < -0.39 is 18.6 Å². The van der Waals surface area contributed by atoms with Gasteiger partial charge in [0.15, 0.2) is 4.71 Å². The van der Waals surface area contributed by atoms with Crippen molar-refractivity contribution in [3.63, 3.8) is 0 Å². The Labute approximate surface area is 106 Å². The molecule has 0 aromatic heterocycles. The van der Waals surface area contributed by atoms with Gasteiger partial charge in [0.2, 0.25) is 3.79 Å². The van der Waals surface area contributed by atoms with Crippen molar-refractivity contribution in [1.82, 2.24) is 0 Å². The van der Waals surface area contributed by atoms with Gasteiger partial charge in [-0.2, -0.15) is 0 Å². The van der Waals surface area contributed by atoms with E-state index in [0.29, 0.717) is 0 Å². The minimum absolute atomic E-state index is 0. The zero-order chi connectivity index (χ0) is 8.58. The third kappa shape index (κ3) is 6.18. The second-order valence-electron chi connectivity index (χ2n) is 1.35. The van der Waals surface area contributed by atoms with Crippen LogP contribution in [0.1, 0.15) is 0 Å². The van der Waals surface area contributed by atoms with Crippen LogP contribution in [-0.2, 0) is 10.1 Å². The molecule has 3 nitrogen and oxygen atoms in total. The molecule has 11 heavy (non-hydrogen) atoms. The molecule has 0 N–H and O–H groups in total. The van der Waals surface area contributed by atoms with Gasteiger partial charge in [0.05, 0.1) is 0 Å². The molecule has 0 saturated carbocycles. The van der Waals surface area contributed by atoms with Crippen molar-refractivity contribution in [2.75, 3.05) is 0 Å². The SMILES string of the molecule is O=S(=O)([O-])C(Cl)C(Cl)(Cl)Cl.[Na+]. The van der Waals surface area contributed by atoms with E-state index in [2.05, 4.69) is 0 Å². The molecular weight excluding hydrogens is 269 g/mol. The second kappa shape index (κ2) is 5.08. The van der Waals surface area contributed by atoms with Gasteiger partial charge in [-0.25, -0.2) is 8.42 Å². The van der Waals surface area contributed by atoms with E-state index in [4.69, 9.17) is 46.4 Å². The van der Waals surface area contributed by atoms with Crippen LogP contribution in [0, 0.1) is 0 Å². The number of hydrogen-bond acceptors (Lipinski definition) is 3. The van der Waals surface area contributed by atoms with Crippen molar-refractivity contribution in [2.24, 2.45) is 0 Å². The van der Waals surface area contributed by atoms with Gasteiger partial charge in [0.1, 0.15) is 10.1 Å². The minimum Gasteiger partial charge on any atom is -0.747 e. The smallest absolute Gasteiger partial charge is 0.747 e. The van der Waals surface area contributed by atoms with Gasteiger partial charge in [-0.05, 0) is 0 Å². The molecule has 0 radical (unpaired) electrons. The summed E-state index contributed by atoms with van der Waals surface area (Å²) in [5, 5.41) is 0. The van der Waals surface area contributed by atoms with Crippen LogP contribution < -0.4 is 29.6 Å². The van der Waals surface area contributed by atoms with Gasteiger partial charge < -0.3 is 4.55 Å². The molecule has 1 atom stereocenters. The fourth-order valence-electron chi connectivity index (χ4n) is 0.164. The Morgan fingerprint density at radius 1 is 1.27 bits per heavy atom. The van der Waals surface area contributed by atoms with Crippen LogP contribution in [0.4, 0.5) is 0 Å². The number of halogens is 4. The molecule has 0 aliphatic heterocycles. The van der Waals surface area contributed by atoms with Crippen LogP contribution in [0.3, 0.4) is 0 Å². The van der Waals surface area contributed by atoms with Crippen molar-refractivity contribution in [3.05, 3.63) is 0 Å². The van der Waals surface area contributed by atoms with Gasteiger partial charge in [-0.3, -0.25) is 0 Å². The molecule has 0 saturated heterocycles. The first-order chi connectivity index (χ1) is 4.15. The Morgan fingerprint density at radius 3 is 1.55 bits per heavy atom. The molecule has 1 unspecified atom stereocenters. The Hall–Kier alpha value is 2.07. The number of hydrogen-bond donors (Lipinski definition) is 0. The largest absolute Gasteiger partial charge is 1.00 e. The van der Waals surface area contributed by atoms with Gasteiger partial charge in [0.25, 0.3) is 0 Å². The summed E-state index contributed by atoms with van der Waals surface area (Å²) in [6.45, 7) is 0. The van der Waals surface area contributed by atoms with E-state index in [0.717, 1.165) is 0 Å². The maximum absolute atomic E-state index is 10.0. The third-order valence-electron chi connectivity index (χ3n) is 0.511. The summed E-state index contributed by atoms with van der Waals surface area (Å²) >= 11 is 19.9. The van der Waals surface area contributed by atoms with Gasteiger partial charge in [0, 0.05) is 0 Å². The molecule has 0 heterocycles. The molecule has 0 amide bonds. The van der Waals surface area contributed by atoms with Gasteiger partial charge in [-0.1, -0.05) is 34.8 Å². The first-order valence-electron chi connectivity index (χ1n) is 1.81. The van der Waals surface area contributed by atoms with Crippen LogP contribution in [0.25, 0.3) is 0 Å². The molecule has 0 bridgehead atoms. The molecular formula is C2HCl4NaO3S. The number of alkyl halides is 4. The molecule has 0 fully saturated rings. The standard InChI is InChI=1S/C2H2Cl4O3S.Na/c3-1(2(4,5)6)10(7,8)9;/h1H,(H,7,8,9);/q;+1/p-1. The molecule has 0 aliphatic rings. The zero-order valence-corrected chi connectivity index (χ0v) is 11.1. The van der Waals surface area contributed by atoms with Crippen molar-refractivity contribution >= 4 is 56.5 Å². The summed E-state index contributed by atoms with van der Waals surface area (Å²) in [7, 11) is -4.74.